The number of nitro groups is 2. The molecule has 0 bridgehead atoms. The van der Waals surface area contributed by atoms with E-state index in [1.54, 1.807) is 0 Å². The molecule has 1 aromatic heterocycles. The Morgan fingerprint density at radius 1 is 1.35 bits per heavy atom. The number of aromatic hydroxyl groups is 1. The monoisotopic (exact) mass is 321 g/mol. The van der Waals surface area contributed by atoms with Crippen molar-refractivity contribution in [3.05, 3.63) is 50.3 Å². The number of hydrogen-bond acceptors (Lipinski definition) is 7. The molecule has 2 aromatic rings. The zero-order valence-electron chi connectivity index (χ0n) is 11.8. The molecule has 2 rings (SSSR count). The molecule has 0 aliphatic rings. The van der Waals surface area contributed by atoms with Crippen molar-refractivity contribution >= 4 is 23.0 Å². The summed E-state index contributed by atoms with van der Waals surface area (Å²) in [4.78, 5) is 31.9. The smallest absolute Gasteiger partial charge is 0.309 e. The predicted molar refractivity (Wildman–Crippen MR) is 77.0 cm³/mol. The van der Waals surface area contributed by atoms with E-state index in [-0.39, 0.29) is 29.3 Å². The van der Waals surface area contributed by atoms with Crippen molar-refractivity contribution in [3.8, 4) is 5.75 Å². The molecule has 0 spiro atoms. The number of nitrogens with one attached hydrogen (secondary N) is 1. The third kappa shape index (κ3) is 3.40. The van der Waals surface area contributed by atoms with E-state index in [0.29, 0.717) is 0 Å². The number of nitrogens with zero attached hydrogens (tertiary/aromatic N) is 4. The first-order valence-corrected chi connectivity index (χ1v) is 6.23. The Balaban J connectivity index is 2.11. The minimum absolute atomic E-state index is 0.0140. The average molecular weight is 321 g/mol. The molecule has 1 aromatic carbocycles. The number of amides is 1. The number of phenols is 1. The molecule has 0 unspecified atom stereocenters. The quantitative estimate of drug-likeness (QED) is 0.478. The lowest BCUT2D eigenvalue weighted by Gasteiger charge is -2.08. The van der Waals surface area contributed by atoms with Gasteiger partial charge in [0.25, 0.3) is 5.69 Å². The zero-order valence-corrected chi connectivity index (χ0v) is 11.8. The van der Waals surface area contributed by atoms with Crippen molar-refractivity contribution in [2.24, 2.45) is 0 Å². The summed E-state index contributed by atoms with van der Waals surface area (Å²) in [7, 11) is 0. The van der Waals surface area contributed by atoms with Gasteiger partial charge in [0.2, 0.25) is 5.91 Å². The number of phenolic OH excluding ortho intramolecular Hbond substituents is 1. The van der Waals surface area contributed by atoms with Gasteiger partial charge in [0.1, 0.15) is 24.2 Å². The Hall–Kier alpha value is -3.50. The first-order chi connectivity index (χ1) is 10.8. The first kappa shape index (κ1) is 15.9. The van der Waals surface area contributed by atoms with Crippen molar-refractivity contribution in [1.29, 1.82) is 0 Å². The van der Waals surface area contributed by atoms with Crippen LogP contribution in [0.4, 0.5) is 17.1 Å². The van der Waals surface area contributed by atoms with E-state index in [1.165, 1.54) is 13.0 Å². The minimum Gasteiger partial charge on any atom is -0.506 e. The van der Waals surface area contributed by atoms with Gasteiger partial charge in [-0.1, -0.05) is 0 Å². The van der Waals surface area contributed by atoms with E-state index in [0.717, 1.165) is 23.0 Å². The van der Waals surface area contributed by atoms with Crippen LogP contribution in [0.5, 0.6) is 5.75 Å². The molecule has 0 atom stereocenters. The van der Waals surface area contributed by atoms with Crippen LogP contribution >= 0.6 is 0 Å². The minimum atomic E-state index is -0.683. The maximum Gasteiger partial charge on any atom is 0.309 e. The molecular formula is C12H11N5O6. The van der Waals surface area contributed by atoms with E-state index >= 15 is 0 Å². The summed E-state index contributed by atoms with van der Waals surface area (Å²) in [5.74, 6) is -1.06. The van der Waals surface area contributed by atoms with Gasteiger partial charge in [-0.2, -0.15) is 5.10 Å². The van der Waals surface area contributed by atoms with Crippen molar-refractivity contribution < 1.29 is 19.7 Å². The Morgan fingerprint density at radius 2 is 2.04 bits per heavy atom. The molecule has 120 valence electrons. The summed E-state index contributed by atoms with van der Waals surface area (Å²) in [6.07, 6.45) is 1.03. The normalized spacial score (nSPS) is 10.3. The fourth-order valence-corrected chi connectivity index (χ4v) is 1.84. The van der Waals surface area contributed by atoms with E-state index in [1.807, 2.05) is 0 Å². The summed E-state index contributed by atoms with van der Waals surface area (Å²) in [5.41, 5.74) is -0.340. The van der Waals surface area contributed by atoms with Gasteiger partial charge in [-0.15, -0.1) is 0 Å². The summed E-state index contributed by atoms with van der Waals surface area (Å²) in [6.45, 7) is 1.14. The summed E-state index contributed by atoms with van der Waals surface area (Å²) in [6, 6.07) is 3.21. The first-order valence-electron chi connectivity index (χ1n) is 6.23. The molecule has 1 heterocycles. The van der Waals surface area contributed by atoms with Crippen molar-refractivity contribution in [2.75, 3.05) is 5.32 Å². The third-order valence-electron chi connectivity index (χ3n) is 3.03. The number of hydrogen-bond donors (Lipinski definition) is 2. The number of carbonyl (C=O) groups excluding carboxylic acids is 1. The topological polar surface area (TPSA) is 153 Å². The molecule has 0 aliphatic heterocycles. The van der Waals surface area contributed by atoms with Gasteiger partial charge < -0.3 is 10.4 Å². The van der Waals surface area contributed by atoms with Crippen LogP contribution in [0.1, 0.15) is 5.69 Å². The standard InChI is InChI=1S/C12H11N5O6/c1-7-10(17(22)23)5-13-15(7)6-12(19)14-9-3-2-8(16(20)21)4-11(9)18/h2-5,18H,6H2,1H3,(H,14,19). The number of non-ortho nitro benzene ring substituents is 1. The Labute approximate surface area is 128 Å². The molecule has 0 saturated heterocycles. The number of carbonyl (C=O) groups is 1. The number of nitro benzene ring substituents is 1. The van der Waals surface area contributed by atoms with Gasteiger partial charge in [0, 0.05) is 6.07 Å². The number of rotatable bonds is 5. The van der Waals surface area contributed by atoms with Crippen molar-refractivity contribution in [1.82, 2.24) is 9.78 Å². The fraction of sp³-hybridized carbons (Fsp3) is 0.167. The van der Waals surface area contributed by atoms with Crippen LogP contribution in [0.2, 0.25) is 0 Å². The van der Waals surface area contributed by atoms with Crippen LogP contribution in [0.15, 0.2) is 24.4 Å². The van der Waals surface area contributed by atoms with Crippen molar-refractivity contribution in [3.63, 3.8) is 0 Å². The van der Waals surface area contributed by atoms with Gasteiger partial charge >= 0.3 is 5.69 Å². The number of aromatic nitrogens is 2. The summed E-state index contributed by atoms with van der Waals surface area (Å²) < 4.78 is 1.13. The highest BCUT2D eigenvalue weighted by atomic mass is 16.6. The van der Waals surface area contributed by atoms with Crippen LogP contribution in [-0.4, -0.2) is 30.6 Å². The Morgan fingerprint density at radius 3 is 2.57 bits per heavy atom. The highest BCUT2D eigenvalue weighted by Gasteiger charge is 2.18. The molecule has 0 fully saturated rings. The summed E-state index contributed by atoms with van der Waals surface area (Å²) in [5, 5.41) is 37.0. The molecular weight excluding hydrogens is 310 g/mol. The van der Waals surface area contributed by atoms with Gasteiger partial charge in [-0.05, 0) is 13.0 Å². The van der Waals surface area contributed by atoms with Crippen molar-refractivity contribution in [2.45, 2.75) is 13.5 Å². The Bertz CT molecular complexity index is 799. The van der Waals surface area contributed by atoms with Gasteiger partial charge in [-0.25, -0.2) is 0 Å². The third-order valence-corrected chi connectivity index (χ3v) is 3.03. The van der Waals surface area contributed by atoms with Gasteiger partial charge in [0.15, 0.2) is 0 Å². The highest BCUT2D eigenvalue weighted by molar-refractivity contribution is 5.92. The van der Waals surface area contributed by atoms with E-state index < -0.39 is 21.5 Å². The fourth-order valence-electron chi connectivity index (χ4n) is 1.84. The molecule has 1 amide bonds. The Kier molecular flexibility index (Phi) is 4.21. The molecule has 0 radical (unpaired) electrons. The molecule has 11 heteroatoms. The number of anilines is 1. The molecule has 2 N–H and O–H groups in total. The predicted octanol–water partition coefficient (Wildman–Crippen LogP) is 1.35. The zero-order chi connectivity index (χ0) is 17.1. The van der Waals surface area contributed by atoms with Gasteiger partial charge in [0.05, 0.1) is 21.6 Å². The van der Waals surface area contributed by atoms with Crippen LogP contribution in [-0.2, 0) is 11.3 Å². The van der Waals surface area contributed by atoms with Crippen LogP contribution in [0.25, 0.3) is 0 Å². The SMILES string of the molecule is Cc1c([N+](=O)[O-])cnn1CC(=O)Nc1ccc([N+](=O)[O-])cc1O. The van der Waals surface area contributed by atoms with E-state index in [4.69, 9.17) is 0 Å². The van der Waals surface area contributed by atoms with E-state index in [2.05, 4.69) is 10.4 Å². The lowest BCUT2D eigenvalue weighted by atomic mass is 10.2. The maximum atomic E-state index is 11.9. The van der Waals surface area contributed by atoms with E-state index in [9.17, 15) is 30.1 Å². The molecule has 11 nitrogen and oxygen atoms in total. The second-order valence-corrected chi connectivity index (χ2v) is 4.54. The average Bonchev–Trinajstić information content (AvgIpc) is 2.82. The second-order valence-electron chi connectivity index (χ2n) is 4.54. The van der Waals surface area contributed by atoms with Crippen LogP contribution in [0, 0.1) is 27.2 Å². The molecule has 23 heavy (non-hydrogen) atoms. The molecule has 0 saturated carbocycles. The van der Waals surface area contributed by atoms with Crippen LogP contribution < -0.4 is 5.32 Å². The second kappa shape index (κ2) is 6.09. The lowest BCUT2D eigenvalue weighted by molar-refractivity contribution is -0.385. The van der Waals surface area contributed by atoms with Gasteiger partial charge in [-0.3, -0.25) is 29.7 Å². The maximum absolute atomic E-state index is 11.9. The highest BCUT2D eigenvalue weighted by Crippen LogP contribution is 2.27. The summed E-state index contributed by atoms with van der Waals surface area (Å²) >= 11 is 0. The lowest BCUT2D eigenvalue weighted by Crippen LogP contribution is -2.20. The van der Waals surface area contributed by atoms with Crippen LogP contribution in [0.3, 0.4) is 0 Å². The number of benzene rings is 1. The largest absolute Gasteiger partial charge is 0.506 e. The molecule has 0 aliphatic carbocycles.